The van der Waals surface area contributed by atoms with Gasteiger partial charge in [-0.05, 0) is 153 Å². The molecule has 0 aliphatic carbocycles. The van der Waals surface area contributed by atoms with Gasteiger partial charge in [-0.1, -0.05) is 52.3 Å². The van der Waals surface area contributed by atoms with Crippen LogP contribution < -0.4 is 33.6 Å². The second-order valence-electron chi connectivity index (χ2n) is 18.6. The van der Waals surface area contributed by atoms with E-state index in [9.17, 15) is 23.7 Å². The summed E-state index contributed by atoms with van der Waals surface area (Å²) in [4.78, 5) is 9.53. The number of anilines is 4. The topological polar surface area (TPSA) is 230 Å². The summed E-state index contributed by atoms with van der Waals surface area (Å²) in [5, 5.41) is 46.2. The first-order valence-electron chi connectivity index (χ1n) is 25.2. The van der Waals surface area contributed by atoms with Crippen LogP contribution in [-0.4, -0.2) is 49.1 Å². The van der Waals surface area contributed by atoms with Crippen molar-refractivity contribution in [1.29, 1.82) is 21.0 Å². The lowest BCUT2D eigenvalue weighted by Crippen LogP contribution is -2.26. The standard InChI is InChI=1S/2C16H16FN3S.2C9H11N3S.C7H6BrF/c17-12-4-1-3-11(7-12)9-20-6-2-5-13-14(8-18)16(19)21-15(13)10-20;17-12-3-1-2-11(8-12)10-20-6-4-13-14(9-18)16(19)21-15(13)5-7-20;10-5-7-6-1-3-12-4-2-8(6)13-9(7)11;10-4-7-6-2-1-3-12-5-8(6)13-9(7)11;8-5-6-2-1-3-7(9)4-6/h1,3-4,7H,2,5-6,9-10,19H2;1-3,8H,4-7,10,19H2;12H,1-4,11H2;12H,1-3,5,11H2;1-4H,5H2. The highest BCUT2D eigenvalue weighted by Gasteiger charge is 2.24. The van der Waals surface area contributed by atoms with Crippen LogP contribution >= 0.6 is 61.3 Å². The average Bonchev–Trinajstić information content (AvgIpc) is 3.83. The van der Waals surface area contributed by atoms with Crippen LogP contribution in [0.25, 0.3) is 0 Å². The third-order valence-electron chi connectivity index (χ3n) is 13.3. The molecule has 12 nitrogen and oxygen atoms in total. The number of nitrogens with two attached hydrogens (primary N) is 4. The lowest BCUT2D eigenvalue weighted by atomic mass is 10.1. The maximum absolute atomic E-state index is 13.3. The summed E-state index contributed by atoms with van der Waals surface area (Å²) in [6, 6.07) is 28.8. The summed E-state index contributed by atoms with van der Waals surface area (Å²) in [5.41, 5.74) is 33.6. The molecule has 0 saturated carbocycles. The number of halogens is 4. The Hall–Kier alpha value is -6.27. The van der Waals surface area contributed by atoms with Gasteiger partial charge in [-0.2, -0.15) is 21.0 Å². The highest BCUT2D eigenvalue weighted by Crippen LogP contribution is 2.36. The quantitative estimate of drug-likeness (QED) is 0.0885. The van der Waals surface area contributed by atoms with E-state index in [0.29, 0.717) is 47.6 Å². The predicted molar refractivity (Wildman–Crippen MR) is 311 cm³/mol. The molecule has 0 saturated heterocycles. The number of nitrogens with zero attached hydrogens (tertiary/aromatic N) is 6. The van der Waals surface area contributed by atoms with Crippen molar-refractivity contribution in [3.05, 3.63) is 171 Å². The summed E-state index contributed by atoms with van der Waals surface area (Å²) in [7, 11) is 0. The fourth-order valence-corrected chi connectivity index (χ4v) is 14.2. The maximum Gasteiger partial charge on any atom is 0.123 e. The first-order chi connectivity index (χ1) is 37.3. The molecule has 4 aromatic heterocycles. The third-order valence-corrected chi connectivity index (χ3v) is 18.3. The van der Waals surface area contributed by atoms with E-state index in [2.05, 4.69) is 60.6 Å². The van der Waals surface area contributed by atoms with Gasteiger partial charge in [-0.3, -0.25) is 9.80 Å². The number of nitrogens with one attached hydrogen (secondary N) is 2. The largest absolute Gasteiger partial charge is 0.389 e. The number of nitriles is 4. The first kappa shape index (κ1) is 58.4. The Labute approximate surface area is 473 Å². The van der Waals surface area contributed by atoms with Gasteiger partial charge in [0.15, 0.2) is 0 Å². The Kier molecular flexibility index (Phi) is 21.9. The number of fused-ring (bicyclic) bond motifs is 4. The van der Waals surface area contributed by atoms with Crippen LogP contribution in [0.4, 0.5) is 33.2 Å². The SMILES string of the molecule is Fc1cccc(CBr)c1.N#Cc1c(N)sc2c1CCCN(Cc1cccc(F)c1)C2.N#Cc1c(N)sc2c1CCCNC2.N#Cc1c(N)sc2c1CCN(Cc1cccc(F)c1)CC2.N#Cc1c(N)sc2c1CCNCC2. The molecule has 0 spiro atoms. The van der Waals surface area contributed by atoms with E-state index in [0.717, 1.165) is 145 Å². The lowest BCUT2D eigenvalue weighted by molar-refractivity contribution is 0.262. The molecule has 0 amide bonds. The number of benzene rings is 3. The van der Waals surface area contributed by atoms with Crippen molar-refractivity contribution < 1.29 is 13.2 Å². The monoisotopic (exact) mass is 1180 g/mol. The molecule has 0 unspecified atom stereocenters. The molecule has 0 radical (unpaired) electrons. The lowest BCUT2D eigenvalue weighted by Gasteiger charge is -2.19. The van der Waals surface area contributed by atoms with Gasteiger partial charge >= 0.3 is 0 Å². The van der Waals surface area contributed by atoms with Crippen molar-refractivity contribution in [3.63, 3.8) is 0 Å². The number of hydrogen-bond donors (Lipinski definition) is 6. The van der Waals surface area contributed by atoms with Crippen LogP contribution in [0.3, 0.4) is 0 Å². The van der Waals surface area contributed by atoms with Gasteiger partial charge in [0.1, 0.15) is 61.7 Å². The molecule has 77 heavy (non-hydrogen) atoms. The van der Waals surface area contributed by atoms with Gasteiger partial charge in [0.05, 0.1) is 22.3 Å². The molecule has 11 rings (SSSR count). The molecule has 4 aliphatic heterocycles. The summed E-state index contributed by atoms with van der Waals surface area (Å²) in [6.45, 7) is 8.82. The molecule has 4 aliphatic rings. The minimum atomic E-state index is -0.199. The molecule has 0 bridgehead atoms. The fraction of sp³-hybridized carbons (Fsp3) is 0.333. The Morgan fingerprint density at radius 3 is 1.47 bits per heavy atom. The predicted octanol–water partition coefficient (Wildman–Crippen LogP) is 11.1. The molecule has 3 aromatic carbocycles. The van der Waals surface area contributed by atoms with Crippen molar-refractivity contribution in [2.75, 3.05) is 62.2 Å². The molecule has 0 atom stereocenters. The number of hydrogen-bond acceptors (Lipinski definition) is 16. The van der Waals surface area contributed by atoms with Crippen LogP contribution in [0, 0.1) is 62.8 Å². The molecular formula is C57H60BrF3N12S4. The third kappa shape index (κ3) is 15.9. The molecule has 10 N–H and O–H groups in total. The van der Waals surface area contributed by atoms with Crippen LogP contribution in [0.1, 0.15) is 93.5 Å². The Morgan fingerprint density at radius 2 is 0.922 bits per heavy atom. The second kappa shape index (κ2) is 28.9. The molecule has 7 aromatic rings. The van der Waals surface area contributed by atoms with Crippen LogP contribution in [0.5, 0.6) is 0 Å². The Balaban J connectivity index is 0.000000144. The highest BCUT2D eigenvalue weighted by atomic mass is 79.9. The Bertz CT molecular complexity index is 3230. The highest BCUT2D eigenvalue weighted by molar-refractivity contribution is 9.08. The zero-order valence-corrected chi connectivity index (χ0v) is 47.4. The van der Waals surface area contributed by atoms with Crippen molar-refractivity contribution in [3.8, 4) is 24.3 Å². The fourth-order valence-electron chi connectivity index (χ4n) is 9.59. The molecule has 400 valence electrons. The van der Waals surface area contributed by atoms with Crippen molar-refractivity contribution in [2.45, 2.75) is 82.9 Å². The summed E-state index contributed by atoms with van der Waals surface area (Å²) in [6.07, 6.45) is 7.65. The van der Waals surface area contributed by atoms with E-state index in [1.165, 1.54) is 77.6 Å². The summed E-state index contributed by atoms with van der Waals surface area (Å²) in [5.74, 6) is -0.567. The van der Waals surface area contributed by atoms with Crippen LogP contribution in [-0.2, 0) is 70.0 Å². The van der Waals surface area contributed by atoms with Gasteiger partial charge in [0.25, 0.3) is 0 Å². The maximum atomic E-state index is 13.3. The molecule has 8 heterocycles. The van der Waals surface area contributed by atoms with Gasteiger partial charge in [0.2, 0.25) is 0 Å². The van der Waals surface area contributed by atoms with E-state index >= 15 is 0 Å². The van der Waals surface area contributed by atoms with Gasteiger partial charge < -0.3 is 33.6 Å². The van der Waals surface area contributed by atoms with Crippen LogP contribution in [0.15, 0.2) is 72.8 Å². The second-order valence-corrected chi connectivity index (χ2v) is 23.7. The van der Waals surface area contributed by atoms with E-state index in [-0.39, 0.29) is 17.5 Å². The van der Waals surface area contributed by atoms with Crippen molar-refractivity contribution >= 4 is 81.3 Å². The van der Waals surface area contributed by atoms with Crippen LogP contribution in [0.2, 0.25) is 0 Å². The first-order valence-corrected chi connectivity index (χ1v) is 29.6. The molecule has 0 fully saturated rings. The van der Waals surface area contributed by atoms with E-state index < -0.39 is 0 Å². The Morgan fingerprint density at radius 1 is 0.481 bits per heavy atom. The number of rotatable bonds is 5. The van der Waals surface area contributed by atoms with Gasteiger partial charge in [-0.25, -0.2) is 13.2 Å². The number of nitrogen functional groups attached to an aromatic ring is 4. The average molecular weight is 1180 g/mol. The van der Waals surface area contributed by atoms with E-state index in [4.69, 9.17) is 33.5 Å². The zero-order chi connectivity index (χ0) is 54.8. The van der Waals surface area contributed by atoms with E-state index in [1.54, 1.807) is 53.0 Å². The zero-order valence-electron chi connectivity index (χ0n) is 42.5. The van der Waals surface area contributed by atoms with Crippen molar-refractivity contribution in [2.24, 2.45) is 0 Å². The normalized spacial score (nSPS) is 14.8. The molecular weight excluding hydrogens is 1120 g/mol. The van der Waals surface area contributed by atoms with E-state index in [1.807, 2.05) is 18.2 Å². The van der Waals surface area contributed by atoms with Crippen molar-refractivity contribution in [1.82, 2.24) is 20.4 Å². The summed E-state index contributed by atoms with van der Waals surface area (Å²) < 4.78 is 38.9. The smallest absolute Gasteiger partial charge is 0.123 e. The van der Waals surface area contributed by atoms with Gasteiger partial charge in [0, 0.05) is 64.1 Å². The minimum Gasteiger partial charge on any atom is -0.389 e. The van der Waals surface area contributed by atoms with Gasteiger partial charge in [-0.15, -0.1) is 45.3 Å². The molecule has 20 heteroatoms. The summed E-state index contributed by atoms with van der Waals surface area (Å²) >= 11 is 9.39. The number of alkyl halides is 1. The number of thiophene rings is 4. The minimum absolute atomic E-state index is 0.174.